The van der Waals surface area contributed by atoms with Crippen LogP contribution in [0.3, 0.4) is 0 Å². The number of quaternary nitrogens is 1. The van der Waals surface area contributed by atoms with E-state index in [-0.39, 0.29) is 0 Å². The first-order chi connectivity index (χ1) is 13.9. The summed E-state index contributed by atoms with van der Waals surface area (Å²) < 4.78 is 1.89. The third-order valence-electron chi connectivity index (χ3n) is 5.41. The third kappa shape index (κ3) is 3.23. The minimum atomic E-state index is 0.857. The van der Waals surface area contributed by atoms with Crippen LogP contribution in [0.15, 0.2) is 73.2 Å². The molecule has 6 heteroatoms. The highest BCUT2D eigenvalue weighted by molar-refractivity contribution is 5.87. The standard InChI is InChI=1S/C22H22N6/c1-3-7-18(8-4-1)16-26-11-13-27(14-12-26)21-20-15-25-28(22(20)24-17-23-21)19-9-5-2-6-10-19/h1-10,15,17H,11-14,16H2/p+1. The van der Waals surface area contributed by atoms with Gasteiger partial charge < -0.3 is 9.80 Å². The zero-order valence-corrected chi connectivity index (χ0v) is 15.7. The van der Waals surface area contributed by atoms with Crippen molar-refractivity contribution < 1.29 is 4.90 Å². The van der Waals surface area contributed by atoms with Crippen LogP contribution in [0.1, 0.15) is 5.56 Å². The Labute approximate surface area is 164 Å². The van der Waals surface area contributed by atoms with E-state index < -0.39 is 0 Å². The van der Waals surface area contributed by atoms with Gasteiger partial charge in [0.15, 0.2) is 5.65 Å². The molecule has 140 valence electrons. The predicted octanol–water partition coefficient (Wildman–Crippen LogP) is 1.72. The second-order valence-electron chi connectivity index (χ2n) is 7.23. The Morgan fingerprint density at radius 1 is 0.857 bits per heavy atom. The molecule has 0 bridgehead atoms. The molecule has 6 nitrogen and oxygen atoms in total. The van der Waals surface area contributed by atoms with Gasteiger partial charge in [-0.2, -0.15) is 5.10 Å². The van der Waals surface area contributed by atoms with Crippen LogP contribution in [0, 0.1) is 0 Å². The number of fused-ring (bicyclic) bond motifs is 1. The van der Waals surface area contributed by atoms with Crippen molar-refractivity contribution in [1.82, 2.24) is 19.7 Å². The lowest BCUT2D eigenvalue weighted by molar-refractivity contribution is -0.914. The Bertz CT molecular complexity index is 1050. The zero-order chi connectivity index (χ0) is 18.8. The lowest BCUT2D eigenvalue weighted by atomic mass is 10.2. The number of nitrogens with one attached hydrogen (secondary N) is 1. The molecule has 28 heavy (non-hydrogen) atoms. The molecule has 2 aromatic heterocycles. The molecule has 0 spiro atoms. The van der Waals surface area contributed by atoms with Crippen molar-refractivity contribution in [2.24, 2.45) is 0 Å². The van der Waals surface area contributed by atoms with Crippen molar-refractivity contribution >= 4 is 16.9 Å². The number of anilines is 1. The summed E-state index contributed by atoms with van der Waals surface area (Å²) in [6.45, 7) is 5.27. The maximum atomic E-state index is 4.60. The van der Waals surface area contributed by atoms with Crippen molar-refractivity contribution in [3.05, 3.63) is 78.8 Å². The fraction of sp³-hybridized carbons (Fsp3) is 0.227. The predicted molar refractivity (Wildman–Crippen MR) is 110 cm³/mol. The fourth-order valence-electron chi connectivity index (χ4n) is 3.94. The number of aromatic nitrogens is 4. The van der Waals surface area contributed by atoms with E-state index in [1.165, 1.54) is 5.56 Å². The monoisotopic (exact) mass is 371 g/mol. The molecule has 1 aliphatic heterocycles. The number of piperazine rings is 1. The molecule has 1 aliphatic rings. The van der Waals surface area contributed by atoms with E-state index in [1.54, 1.807) is 11.2 Å². The minimum absolute atomic E-state index is 0.857. The fourth-order valence-corrected chi connectivity index (χ4v) is 3.94. The van der Waals surface area contributed by atoms with E-state index in [0.717, 1.165) is 55.3 Å². The smallest absolute Gasteiger partial charge is 0.168 e. The molecule has 5 rings (SSSR count). The van der Waals surface area contributed by atoms with Gasteiger partial charge in [0.2, 0.25) is 0 Å². The molecule has 1 fully saturated rings. The molecule has 2 aromatic carbocycles. The average Bonchev–Trinajstić information content (AvgIpc) is 3.20. The van der Waals surface area contributed by atoms with Crippen molar-refractivity contribution in [3.63, 3.8) is 0 Å². The molecule has 4 aromatic rings. The highest BCUT2D eigenvalue weighted by Crippen LogP contribution is 2.24. The summed E-state index contributed by atoms with van der Waals surface area (Å²) in [7, 11) is 0. The van der Waals surface area contributed by atoms with Gasteiger partial charge in [-0.05, 0) is 12.1 Å². The number of hydrogen-bond acceptors (Lipinski definition) is 4. The van der Waals surface area contributed by atoms with E-state index >= 15 is 0 Å². The van der Waals surface area contributed by atoms with Gasteiger partial charge in [0, 0.05) is 5.56 Å². The van der Waals surface area contributed by atoms with Crippen LogP contribution in [0.2, 0.25) is 0 Å². The van der Waals surface area contributed by atoms with Gasteiger partial charge in [-0.1, -0.05) is 48.5 Å². The molecular weight excluding hydrogens is 348 g/mol. The molecule has 1 saturated heterocycles. The quantitative estimate of drug-likeness (QED) is 0.594. The van der Waals surface area contributed by atoms with Crippen molar-refractivity contribution in [1.29, 1.82) is 0 Å². The second kappa shape index (κ2) is 7.40. The lowest BCUT2D eigenvalue weighted by Gasteiger charge is -2.33. The SMILES string of the molecule is c1ccc(C[NH+]2CCN(c3ncnc4c3cnn4-c3ccccc3)CC2)cc1. The van der Waals surface area contributed by atoms with E-state index in [2.05, 4.69) is 50.3 Å². The number of nitrogens with zero attached hydrogens (tertiary/aromatic N) is 5. The molecule has 0 atom stereocenters. The zero-order valence-electron chi connectivity index (χ0n) is 15.7. The van der Waals surface area contributed by atoms with E-state index in [1.807, 2.05) is 41.2 Å². The van der Waals surface area contributed by atoms with E-state index in [0.29, 0.717) is 0 Å². The Hall–Kier alpha value is -3.25. The summed E-state index contributed by atoms with van der Waals surface area (Å²) in [4.78, 5) is 13.1. The van der Waals surface area contributed by atoms with Crippen molar-refractivity contribution in [3.8, 4) is 5.69 Å². The molecule has 0 radical (unpaired) electrons. The first-order valence-corrected chi connectivity index (χ1v) is 9.75. The summed E-state index contributed by atoms with van der Waals surface area (Å²) in [6.07, 6.45) is 3.54. The molecular formula is C22H23N6+. The molecule has 0 amide bonds. The van der Waals surface area contributed by atoms with Gasteiger partial charge in [0.05, 0.1) is 43.4 Å². The maximum absolute atomic E-state index is 4.60. The number of benzene rings is 2. The van der Waals surface area contributed by atoms with E-state index in [9.17, 15) is 0 Å². The van der Waals surface area contributed by atoms with Gasteiger partial charge in [0.25, 0.3) is 0 Å². The summed E-state index contributed by atoms with van der Waals surface area (Å²) in [5.74, 6) is 0.992. The highest BCUT2D eigenvalue weighted by atomic mass is 15.3. The Morgan fingerprint density at radius 3 is 2.32 bits per heavy atom. The van der Waals surface area contributed by atoms with Crippen molar-refractivity contribution in [2.45, 2.75) is 6.54 Å². The van der Waals surface area contributed by atoms with Crippen LogP contribution in [0.5, 0.6) is 0 Å². The number of rotatable bonds is 4. The third-order valence-corrected chi connectivity index (χ3v) is 5.41. The summed E-state index contributed by atoms with van der Waals surface area (Å²) in [6, 6.07) is 20.9. The van der Waals surface area contributed by atoms with Gasteiger partial charge in [-0.3, -0.25) is 0 Å². The Morgan fingerprint density at radius 2 is 1.57 bits per heavy atom. The van der Waals surface area contributed by atoms with Crippen LogP contribution >= 0.6 is 0 Å². The minimum Gasteiger partial charge on any atom is -0.345 e. The Balaban J connectivity index is 1.35. The first-order valence-electron chi connectivity index (χ1n) is 9.75. The summed E-state index contributed by atoms with van der Waals surface area (Å²) in [5, 5.41) is 5.59. The average molecular weight is 371 g/mol. The molecule has 0 unspecified atom stereocenters. The van der Waals surface area contributed by atoms with Crippen LogP contribution in [-0.4, -0.2) is 45.9 Å². The maximum Gasteiger partial charge on any atom is 0.168 e. The second-order valence-corrected chi connectivity index (χ2v) is 7.23. The number of hydrogen-bond donors (Lipinski definition) is 1. The molecule has 3 heterocycles. The number of para-hydroxylation sites is 1. The first kappa shape index (κ1) is 16.9. The summed E-state index contributed by atoms with van der Waals surface area (Å²) >= 11 is 0. The van der Waals surface area contributed by atoms with Gasteiger partial charge in [-0.25, -0.2) is 14.6 Å². The molecule has 0 aliphatic carbocycles. The Kier molecular flexibility index (Phi) is 4.47. The topological polar surface area (TPSA) is 51.3 Å². The van der Waals surface area contributed by atoms with Gasteiger partial charge in [0.1, 0.15) is 18.7 Å². The van der Waals surface area contributed by atoms with Gasteiger partial charge in [-0.15, -0.1) is 0 Å². The van der Waals surface area contributed by atoms with E-state index in [4.69, 9.17) is 0 Å². The normalized spacial score (nSPS) is 15.2. The van der Waals surface area contributed by atoms with Crippen LogP contribution in [-0.2, 0) is 6.54 Å². The lowest BCUT2D eigenvalue weighted by Crippen LogP contribution is -3.13. The molecule has 0 saturated carbocycles. The summed E-state index contributed by atoms with van der Waals surface area (Å²) in [5.41, 5.74) is 3.27. The van der Waals surface area contributed by atoms with Crippen LogP contribution in [0.4, 0.5) is 5.82 Å². The van der Waals surface area contributed by atoms with Gasteiger partial charge >= 0.3 is 0 Å². The molecule has 1 N–H and O–H groups in total. The van der Waals surface area contributed by atoms with Crippen LogP contribution in [0.25, 0.3) is 16.7 Å². The van der Waals surface area contributed by atoms with Crippen LogP contribution < -0.4 is 9.80 Å². The van der Waals surface area contributed by atoms with Crippen molar-refractivity contribution in [2.75, 3.05) is 31.1 Å². The largest absolute Gasteiger partial charge is 0.345 e. The highest BCUT2D eigenvalue weighted by Gasteiger charge is 2.23.